The van der Waals surface area contributed by atoms with Crippen LogP contribution in [-0.4, -0.2) is 53.7 Å². The van der Waals surface area contributed by atoms with Crippen LogP contribution in [0.25, 0.3) is 0 Å². The van der Waals surface area contributed by atoms with Gasteiger partial charge in [0.25, 0.3) is 5.91 Å². The first-order chi connectivity index (χ1) is 13.3. The third-order valence-electron chi connectivity index (χ3n) is 4.03. The maximum atomic E-state index is 12.4. The zero-order chi connectivity index (χ0) is 20.7. The molecule has 2 rings (SSSR count). The molecule has 0 bridgehead atoms. The largest absolute Gasteiger partial charge is 0.466 e. The summed E-state index contributed by atoms with van der Waals surface area (Å²) in [4.78, 5) is 49.2. The lowest BCUT2D eigenvalue weighted by atomic mass is 10.1. The third-order valence-corrected chi connectivity index (χ3v) is 5.31. The van der Waals surface area contributed by atoms with Crippen LogP contribution < -0.4 is 10.6 Å². The van der Waals surface area contributed by atoms with Crippen LogP contribution in [0, 0.1) is 5.92 Å². The second kappa shape index (κ2) is 10.2. The van der Waals surface area contributed by atoms with Crippen LogP contribution in [0.15, 0.2) is 22.8 Å². The van der Waals surface area contributed by atoms with Crippen LogP contribution in [0.3, 0.4) is 0 Å². The number of hydrogen-bond donors (Lipinski definition) is 2. The quantitative estimate of drug-likeness (QED) is 0.655. The molecule has 1 aliphatic rings. The molecule has 1 saturated heterocycles. The molecule has 0 aliphatic carbocycles. The minimum absolute atomic E-state index is 0.303. The van der Waals surface area contributed by atoms with Gasteiger partial charge in [0, 0.05) is 19.2 Å². The van der Waals surface area contributed by atoms with Crippen molar-refractivity contribution in [3.05, 3.63) is 24.2 Å². The molecule has 2 N–H and O–H groups in total. The van der Waals surface area contributed by atoms with Gasteiger partial charge in [-0.2, -0.15) is 0 Å². The Balaban J connectivity index is 1.82. The molecule has 1 aromatic rings. The second-order valence-electron chi connectivity index (χ2n) is 6.74. The molecular weight excluding hydrogens is 386 g/mol. The highest BCUT2D eigenvalue weighted by atomic mass is 32.2. The van der Waals surface area contributed by atoms with Crippen LogP contribution in [0.2, 0.25) is 0 Å². The van der Waals surface area contributed by atoms with Crippen molar-refractivity contribution in [3.63, 3.8) is 0 Å². The van der Waals surface area contributed by atoms with Gasteiger partial charge in [-0.05, 0) is 24.5 Å². The van der Waals surface area contributed by atoms with Gasteiger partial charge in [0.2, 0.25) is 5.91 Å². The van der Waals surface area contributed by atoms with E-state index in [1.165, 1.54) is 29.8 Å². The molecule has 2 atom stereocenters. The Morgan fingerprint density at radius 1 is 1.36 bits per heavy atom. The van der Waals surface area contributed by atoms with Crippen LogP contribution >= 0.6 is 11.8 Å². The lowest BCUT2D eigenvalue weighted by Crippen LogP contribution is -2.45. The standard InChI is InChI=1S/C18H25N3O6S/c1-11(2)6-7-19-18(25)20-15(23)9-27-17(24)13-10-28-16(21(13)12(3)22)14-5-4-8-26-14/h4-5,8,11,13,16H,6-7,9-10H2,1-3H3,(H2,19,20,23,25)/t13-,16+/m1/s1. The van der Waals surface area contributed by atoms with Gasteiger partial charge in [-0.15, -0.1) is 11.8 Å². The first-order valence-corrected chi connectivity index (χ1v) is 10.0. The number of esters is 1. The van der Waals surface area contributed by atoms with E-state index in [0.717, 1.165) is 6.42 Å². The number of urea groups is 1. The van der Waals surface area contributed by atoms with Crippen LogP contribution in [0.4, 0.5) is 4.79 Å². The molecule has 154 valence electrons. The fourth-order valence-electron chi connectivity index (χ4n) is 2.64. The zero-order valence-corrected chi connectivity index (χ0v) is 16.9. The van der Waals surface area contributed by atoms with Crippen molar-refractivity contribution in [2.75, 3.05) is 18.9 Å². The Labute approximate surface area is 167 Å². The highest BCUT2D eigenvalue weighted by molar-refractivity contribution is 7.99. The normalized spacial score (nSPS) is 18.8. The zero-order valence-electron chi connectivity index (χ0n) is 16.1. The molecule has 1 aliphatic heterocycles. The monoisotopic (exact) mass is 411 g/mol. The Morgan fingerprint density at radius 3 is 2.71 bits per heavy atom. The maximum absolute atomic E-state index is 12.4. The van der Waals surface area contributed by atoms with E-state index < -0.39 is 35.9 Å². The van der Waals surface area contributed by atoms with Gasteiger partial charge in [0.05, 0.1) is 6.26 Å². The van der Waals surface area contributed by atoms with Crippen LogP contribution in [0.1, 0.15) is 38.3 Å². The number of furan rings is 1. The van der Waals surface area contributed by atoms with E-state index in [4.69, 9.17) is 9.15 Å². The van der Waals surface area contributed by atoms with E-state index in [2.05, 4.69) is 10.6 Å². The summed E-state index contributed by atoms with van der Waals surface area (Å²) in [6, 6.07) is 1.97. The summed E-state index contributed by atoms with van der Waals surface area (Å²) < 4.78 is 10.3. The fourth-order valence-corrected chi connectivity index (χ4v) is 4.05. The average molecular weight is 411 g/mol. The minimum atomic E-state index is -0.828. The van der Waals surface area contributed by atoms with E-state index in [9.17, 15) is 19.2 Å². The molecule has 28 heavy (non-hydrogen) atoms. The average Bonchev–Trinajstić information content (AvgIpc) is 3.28. The molecule has 1 aromatic heterocycles. The Bertz CT molecular complexity index is 706. The Kier molecular flexibility index (Phi) is 7.91. The summed E-state index contributed by atoms with van der Waals surface area (Å²) >= 11 is 1.38. The molecule has 0 spiro atoms. The molecule has 10 heteroatoms. The van der Waals surface area contributed by atoms with Crippen molar-refractivity contribution in [1.82, 2.24) is 15.5 Å². The molecule has 0 unspecified atom stereocenters. The first kappa shape index (κ1) is 21.8. The molecule has 0 saturated carbocycles. The van der Waals surface area contributed by atoms with E-state index in [1.807, 2.05) is 13.8 Å². The summed E-state index contributed by atoms with van der Waals surface area (Å²) in [5.41, 5.74) is 0. The summed E-state index contributed by atoms with van der Waals surface area (Å²) in [7, 11) is 0. The van der Waals surface area contributed by atoms with E-state index in [-0.39, 0.29) is 5.91 Å². The molecule has 4 amide bonds. The number of nitrogens with one attached hydrogen (secondary N) is 2. The van der Waals surface area contributed by atoms with E-state index in [0.29, 0.717) is 24.0 Å². The number of carbonyl (C=O) groups excluding carboxylic acids is 4. The molecule has 0 radical (unpaired) electrons. The predicted octanol–water partition coefficient (Wildman–Crippen LogP) is 1.66. The summed E-state index contributed by atoms with van der Waals surface area (Å²) in [6.07, 6.45) is 2.28. The highest BCUT2D eigenvalue weighted by Gasteiger charge is 2.43. The van der Waals surface area contributed by atoms with Crippen molar-refractivity contribution >= 4 is 35.6 Å². The Morgan fingerprint density at radius 2 is 2.11 bits per heavy atom. The molecular formula is C18H25N3O6S. The lowest BCUT2D eigenvalue weighted by Gasteiger charge is -2.25. The molecule has 1 fully saturated rings. The van der Waals surface area contributed by atoms with Gasteiger partial charge >= 0.3 is 12.0 Å². The second-order valence-corrected chi connectivity index (χ2v) is 7.85. The van der Waals surface area contributed by atoms with Gasteiger partial charge in [-0.3, -0.25) is 14.9 Å². The number of carbonyl (C=O) groups is 4. The molecule has 0 aromatic carbocycles. The predicted molar refractivity (Wildman–Crippen MR) is 102 cm³/mol. The number of thioether (sulfide) groups is 1. The van der Waals surface area contributed by atoms with Crippen molar-refractivity contribution in [2.24, 2.45) is 5.92 Å². The third kappa shape index (κ3) is 6.01. The van der Waals surface area contributed by atoms with Gasteiger partial charge < -0.3 is 19.4 Å². The smallest absolute Gasteiger partial charge is 0.330 e. The van der Waals surface area contributed by atoms with Crippen molar-refractivity contribution in [3.8, 4) is 0 Å². The highest BCUT2D eigenvalue weighted by Crippen LogP contribution is 2.41. The van der Waals surface area contributed by atoms with E-state index in [1.54, 1.807) is 12.1 Å². The SMILES string of the molecule is CC(=O)N1[C@@H](C(=O)OCC(=O)NC(=O)NCCC(C)C)CS[C@H]1c1ccco1. The molecule has 2 heterocycles. The lowest BCUT2D eigenvalue weighted by molar-refractivity contribution is -0.156. The number of amides is 4. The number of hydrogen-bond acceptors (Lipinski definition) is 7. The maximum Gasteiger partial charge on any atom is 0.330 e. The Hall–Kier alpha value is -2.49. The van der Waals surface area contributed by atoms with Crippen molar-refractivity contribution in [2.45, 2.75) is 38.6 Å². The van der Waals surface area contributed by atoms with Gasteiger partial charge in [-0.1, -0.05) is 13.8 Å². The number of nitrogens with zero attached hydrogens (tertiary/aromatic N) is 1. The van der Waals surface area contributed by atoms with Crippen LogP contribution in [0.5, 0.6) is 0 Å². The molecule has 9 nitrogen and oxygen atoms in total. The van der Waals surface area contributed by atoms with E-state index >= 15 is 0 Å². The summed E-state index contributed by atoms with van der Waals surface area (Å²) in [6.45, 7) is 5.24. The number of ether oxygens (including phenoxy) is 1. The summed E-state index contributed by atoms with van der Waals surface area (Å²) in [5, 5.41) is 4.23. The van der Waals surface area contributed by atoms with Gasteiger partial charge in [0.15, 0.2) is 6.61 Å². The minimum Gasteiger partial charge on any atom is -0.466 e. The fraction of sp³-hybridized carbons (Fsp3) is 0.556. The number of rotatable bonds is 7. The van der Waals surface area contributed by atoms with Gasteiger partial charge in [0.1, 0.15) is 17.2 Å². The first-order valence-electron chi connectivity index (χ1n) is 8.97. The van der Waals surface area contributed by atoms with Crippen molar-refractivity contribution < 1.29 is 28.3 Å². The van der Waals surface area contributed by atoms with Crippen LogP contribution in [-0.2, 0) is 19.1 Å². The summed E-state index contributed by atoms with van der Waals surface area (Å²) in [5.74, 6) is -0.435. The number of imide groups is 1. The van der Waals surface area contributed by atoms with Gasteiger partial charge in [-0.25, -0.2) is 9.59 Å². The van der Waals surface area contributed by atoms with Crippen molar-refractivity contribution in [1.29, 1.82) is 0 Å². The topological polar surface area (TPSA) is 118 Å².